The minimum absolute atomic E-state index is 0.114. The number of carbonyl (C=O) groups excluding carboxylic acids is 1. The molecule has 2 aromatic carbocycles. The van der Waals surface area contributed by atoms with Gasteiger partial charge in [0.1, 0.15) is 6.54 Å². The average molecular weight is 351 g/mol. The number of rotatable bonds is 3. The van der Waals surface area contributed by atoms with Crippen molar-refractivity contribution >= 4 is 22.6 Å². The Bertz CT molecular complexity index is 978. The lowest BCUT2D eigenvalue weighted by molar-refractivity contribution is -0.116. The van der Waals surface area contributed by atoms with E-state index in [1.165, 1.54) is 11.1 Å². The highest BCUT2D eigenvalue weighted by molar-refractivity contribution is 5.92. The number of aryl methyl sites for hydroxylation is 2. The number of hydrogen-bond donors (Lipinski definition) is 1. The minimum Gasteiger partial charge on any atom is -0.490 e. The number of nitrogens with zero attached hydrogens (tertiary/aromatic N) is 2. The zero-order valence-corrected chi connectivity index (χ0v) is 14.9. The van der Waals surface area contributed by atoms with Gasteiger partial charge in [-0.25, -0.2) is 4.98 Å². The molecule has 1 amide bonds. The number of carbonyl (C=O) groups is 1. The van der Waals surface area contributed by atoms with Gasteiger partial charge in [0.2, 0.25) is 5.91 Å². The Labute approximate surface area is 151 Å². The Morgan fingerprint density at radius 3 is 2.73 bits per heavy atom. The molecule has 3 aromatic rings. The molecule has 0 fully saturated rings. The van der Waals surface area contributed by atoms with Crippen LogP contribution < -0.4 is 14.8 Å². The van der Waals surface area contributed by atoms with E-state index in [0.717, 1.165) is 17.5 Å². The summed E-state index contributed by atoms with van der Waals surface area (Å²) < 4.78 is 13.1. The summed E-state index contributed by atoms with van der Waals surface area (Å²) in [5.41, 5.74) is 4.93. The van der Waals surface area contributed by atoms with Crippen molar-refractivity contribution in [1.29, 1.82) is 0 Å². The molecule has 4 rings (SSSR count). The first-order chi connectivity index (χ1) is 12.6. The molecule has 0 radical (unpaired) electrons. The molecule has 2 heterocycles. The van der Waals surface area contributed by atoms with Crippen molar-refractivity contribution < 1.29 is 14.3 Å². The van der Waals surface area contributed by atoms with Crippen LogP contribution in [-0.4, -0.2) is 28.7 Å². The van der Waals surface area contributed by atoms with Gasteiger partial charge in [0.05, 0.1) is 30.6 Å². The van der Waals surface area contributed by atoms with E-state index >= 15 is 0 Å². The second kappa shape index (κ2) is 6.71. The second-order valence-electron chi connectivity index (χ2n) is 6.56. The van der Waals surface area contributed by atoms with Gasteiger partial charge in [-0.1, -0.05) is 0 Å². The van der Waals surface area contributed by atoms with Crippen LogP contribution in [0, 0.1) is 13.8 Å². The molecule has 1 aromatic heterocycles. The number of hydrogen-bond acceptors (Lipinski definition) is 4. The van der Waals surface area contributed by atoms with E-state index < -0.39 is 0 Å². The highest BCUT2D eigenvalue weighted by atomic mass is 16.5. The predicted molar refractivity (Wildman–Crippen MR) is 99.9 cm³/mol. The fourth-order valence-electron chi connectivity index (χ4n) is 3.04. The van der Waals surface area contributed by atoms with Gasteiger partial charge in [0.25, 0.3) is 0 Å². The molecular weight excluding hydrogens is 330 g/mol. The number of aromatic nitrogens is 2. The highest BCUT2D eigenvalue weighted by Crippen LogP contribution is 2.32. The van der Waals surface area contributed by atoms with Crippen LogP contribution in [-0.2, 0) is 11.3 Å². The Morgan fingerprint density at radius 1 is 1.12 bits per heavy atom. The third kappa shape index (κ3) is 3.22. The second-order valence-corrected chi connectivity index (χ2v) is 6.56. The summed E-state index contributed by atoms with van der Waals surface area (Å²) in [6.45, 7) is 5.58. The Morgan fingerprint density at radius 2 is 1.88 bits per heavy atom. The molecule has 0 aliphatic carbocycles. The van der Waals surface area contributed by atoms with Gasteiger partial charge in [-0.2, -0.15) is 0 Å². The van der Waals surface area contributed by atoms with Crippen LogP contribution in [0.2, 0.25) is 0 Å². The van der Waals surface area contributed by atoms with Crippen LogP contribution >= 0.6 is 0 Å². The molecule has 0 saturated carbocycles. The lowest BCUT2D eigenvalue weighted by Gasteiger charge is -2.11. The Balaban J connectivity index is 1.51. The molecule has 0 atom stereocenters. The number of fused-ring (bicyclic) bond motifs is 2. The summed E-state index contributed by atoms with van der Waals surface area (Å²) in [4.78, 5) is 16.9. The van der Waals surface area contributed by atoms with Crippen molar-refractivity contribution in [3.8, 4) is 11.5 Å². The molecular formula is C20H21N3O3. The van der Waals surface area contributed by atoms with Crippen molar-refractivity contribution in [2.45, 2.75) is 26.8 Å². The first kappa shape index (κ1) is 16.4. The number of imidazole rings is 1. The minimum atomic E-state index is -0.114. The molecule has 0 spiro atoms. The maximum Gasteiger partial charge on any atom is 0.244 e. The maximum absolute atomic E-state index is 12.5. The number of anilines is 1. The molecule has 134 valence electrons. The molecule has 0 unspecified atom stereocenters. The summed E-state index contributed by atoms with van der Waals surface area (Å²) in [5, 5.41) is 2.92. The first-order valence-corrected chi connectivity index (χ1v) is 8.72. The molecule has 1 aliphatic heterocycles. The Kier molecular flexibility index (Phi) is 4.24. The van der Waals surface area contributed by atoms with Gasteiger partial charge < -0.3 is 19.4 Å². The van der Waals surface area contributed by atoms with Crippen LogP contribution in [0.5, 0.6) is 11.5 Å². The van der Waals surface area contributed by atoms with Crippen LogP contribution in [0.4, 0.5) is 5.69 Å². The van der Waals surface area contributed by atoms with E-state index in [1.54, 1.807) is 12.4 Å². The fourth-order valence-corrected chi connectivity index (χ4v) is 3.04. The monoisotopic (exact) mass is 351 g/mol. The summed E-state index contributed by atoms with van der Waals surface area (Å²) in [6, 6.07) is 9.57. The van der Waals surface area contributed by atoms with E-state index in [-0.39, 0.29) is 12.5 Å². The van der Waals surface area contributed by atoms with E-state index in [4.69, 9.17) is 9.47 Å². The van der Waals surface area contributed by atoms with E-state index in [1.807, 2.05) is 22.8 Å². The molecule has 6 heteroatoms. The molecule has 26 heavy (non-hydrogen) atoms. The number of ether oxygens (including phenoxy) is 2. The summed E-state index contributed by atoms with van der Waals surface area (Å²) in [5.74, 6) is 1.27. The van der Waals surface area contributed by atoms with Crippen molar-refractivity contribution in [3.63, 3.8) is 0 Å². The van der Waals surface area contributed by atoms with Crippen LogP contribution in [0.1, 0.15) is 17.5 Å². The van der Waals surface area contributed by atoms with Gasteiger partial charge >= 0.3 is 0 Å². The highest BCUT2D eigenvalue weighted by Gasteiger charge is 2.13. The zero-order chi connectivity index (χ0) is 18.1. The summed E-state index contributed by atoms with van der Waals surface area (Å²) in [7, 11) is 0. The third-order valence-electron chi connectivity index (χ3n) is 4.58. The van der Waals surface area contributed by atoms with Crippen molar-refractivity contribution in [3.05, 3.63) is 47.8 Å². The zero-order valence-electron chi connectivity index (χ0n) is 14.9. The van der Waals surface area contributed by atoms with Gasteiger partial charge in [-0.05, 0) is 49.2 Å². The number of benzene rings is 2. The molecule has 0 bridgehead atoms. The lowest BCUT2D eigenvalue weighted by atomic mass is 10.1. The fraction of sp³-hybridized carbons (Fsp3) is 0.300. The predicted octanol–water partition coefficient (Wildman–Crippen LogP) is 3.45. The van der Waals surface area contributed by atoms with Gasteiger partial charge in [-0.3, -0.25) is 4.79 Å². The Hall–Kier alpha value is -3.02. The maximum atomic E-state index is 12.5. The first-order valence-electron chi connectivity index (χ1n) is 8.72. The van der Waals surface area contributed by atoms with Crippen molar-refractivity contribution in [1.82, 2.24) is 9.55 Å². The topological polar surface area (TPSA) is 65.4 Å². The standard InChI is InChI=1S/C20H21N3O3/c1-13-8-16-17(9-14(13)2)23(12-21-16)11-20(24)22-15-4-5-18-19(10-15)26-7-3-6-25-18/h4-5,8-10,12H,3,6-7,11H2,1-2H3,(H,22,24). The van der Waals surface area contributed by atoms with Crippen molar-refractivity contribution in [2.75, 3.05) is 18.5 Å². The van der Waals surface area contributed by atoms with Crippen LogP contribution in [0.15, 0.2) is 36.7 Å². The molecule has 6 nitrogen and oxygen atoms in total. The quantitative estimate of drug-likeness (QED) is 0.785. The normalized spacial score (nSPS) is 13.5. The largest absolute Gasteiger partial charge is 0.490 e. The summed E-state index contributed by atoms with van der Waals surface area (Å²) in [6.07, 6.45) is 2.56. The number of nitrogens with one attached hydrogen (secondary N) is 1. The van der Waals surface area contributed by atoms with Gasteiger partial charge in [0, 0.05) is 18.2 Å². The van der Waals surface area contributed by atoms with E-state index in [0.29, 0.717) is 30.4 Å². The molecule has 1 N–H and O–H groups in total. The summed E-state index contributed by atoms with van der Waals surface area (Å²) >= 11 is 0. The SMILES string of the molecule is Cc1cc2ncn(CC(=O)Nc3ccc4c(c3)OCCCO4)c2cc1C. The van der Waals surface area contributed by atoms with Crippen LogP contribution in [0.3, 0.4) is 0 Å². The van der Waals surface area contributed by atoms with E-state index in [9.17, 15) is 4.79 Å². The van der Waals surface area contributed by atoms with E-state index in [2.05, 4.69) is 30.2 Å². The molecule has 1 aliphatic rings. The van der Waals surface area contributed by atoms with Gasteiger partial charge in [0.15, 0.2) is 11.5 Å². The number of amides is 1. The third-order valence-corrected chi connectivity index (χ3v) is 4.58. The molecule has 0 saturated heterocycles. The van der Waals surface area contributed by atoms with Crippen LogP contribution in [0.25, 0.3) is 11.0 Å². The van der Waals surface area contributed by atoms with Gasteiger partial charge in [-0.15, -0.1) is 0 Å². The lowest BCUT2D eigenvalue weighted by Crippen LogP contribution is -2.18. The van der Waals surface area contributed by atoms with Crippen molar-refractivity contribution in [2.24, 2.45) is 0 Å². The smallest absolute Gasteiger partial charge is 0.244 e. The average Bonchev–Trinajstić information content (AvgIpc) is 2.84.